The summed E-state index contributed by atoms with van der Waals surface area (Å²) in [5.74, 6) is 5.47. The van der Waals surface area contributed by atoms with Gasteiger partial charge in [0.2, 0.25) is 0 Å². The predicted molar refractivity (Wildman–Crippen MR) is 58.5 cm³/mol. The van der Waals surface area contributed by atoms with Crippen molar-refractivity contribution in [3.63, 3.8) is 0 Å². The average Bonchev–Trinajstić information content (AvgIpc) is 2.29. The number of nitrogens with two attached hydrogens (primary N) is 1. The highest BCUT2D eigenvalue weighted by Gasteiger charge is 2.04. The van der Waals surface area contributed by atoms with Crippen LogP contribution >= 0.6 is 0 Å². The van der Waals surface area contributed by atoms with Crippen molar-refractivity contribution >= 4 is 5.91 Å². The van der Waals surface area contributed by atoms with E-state index in [1.54, 1.807) is 24.3 Å². The Bertz CT molecular complexity index is 322. The molecule has 1 rings (SSSR count). The van der Waals surface area contributed by atoms with E-state index in [9.17, 15) is 4.79 Å². The number of amides is 1. The molecule has 1 aromatic carbocycles. The molecule has 4 heteroatoms. The first kappa shape index (κ1) is 11.5. The number of hydrogen-bond donors (Lipinski definition) is 2. The van der Waals surface area contributed by atoms with Gasteiger partial charge in [0.05, 0.1) is 6.10 Å². The van der Waals surface area contributed by atoms with Crippen molar-refractivity contribution < 1.29 is 9.53 Å². The lowest BCUT2D eigenvalue weighted by atomic mass is 10.2. The van der Waals surface area contributed by atoms with Crippen molar-refractivity contribution in [2.75, 3.05) is 0 Å². The molecule has 0 spiro atoms. The van der Waals surface area contributed by atoms with Crippen LogP contribution in [0.5, 0.6) is 5.75 Å². The Hall–Kier alpha value is -1.55. The molecule has 1 unspecified atom stereocenters. The van der Waals surface area contributed by atoms with Crippen LogP contribution in [0.4, 0.5) is 0 Å². The minimum absolute atomic E-state index is 0.180. The number of nitrogens with one attached hydrogen (secondary N) is 1. The van der Waals surface area contributed by atoms with Crippen LogP contribution in [0.2, 0.25) is 0 Å². The monoisotopic (exact) mass is 208 g/mol. The van der Waals surface area contributed by atoms with Crippen LogP contribution in [0, 0.1) is 0 Å². The molecule has 0 radical (unpaired) electrons. The third kappa shape index (κ3) is 3.25. The summed E-state index contributed by atoms with van der Waals surface area (Å²) in [6, 6.07) is 6.88. The van der Waals surface area contributed by atoms with E-state index in [0.29, 0.717) is 5.56 Å². The van der Waals surface area contributed by atoms with Gasteiger partial charge in [0, 0.05) is 5.56 Å². The second-order valence-corrected chi connectivity index (χ2v) is 3.33. The van der Waals surface area contributed by atoms with Gasteiger partial charge in [-0.15, -0.1) is 0 Å². The SMILES string of the molecule is CCC(C)Oc1ccc(C(=O)NN)cc1. The van der Waals surface area contributed by atoms with Crippen molar-refractivity contribution in [2.24, 2.45) is 5.84 Å². The first-order chi connectivity index (χ1) is 7.17. The van der Waals surface area contributed by atoms with Gasteiger partial charge in [-0.2, -0.15) is 0 Å². The Labute approximate surface area is 89.4 Å². The van der Waals surface area contributed by atoms with Crippen molar-refractivity contribution in [2.45, 2.75) is 26.4 Å². The van der Waals surface area contributed by atoms with Crippen molar-refractivity contribution in [3.05, 3.63) is 29.8 Å². The van der Waals surface area contributed by atoms with E-state index >= 15 is 0 Å². The lowest BCUT2D eigenvalue weighted by molar-refractivity contribution is 0.0953. The van der Waals surface area contributed by atoms with E-state index in [1.807, 2.05) is 6.92 Å². The maximum Gasteiger partial charge on any atom is 0.265 e. The molecule has 3 N–H and O–H groups in total. The lowest BCUT2D eigenvalue weighted by Crippen LogP contribution is -2.29. The van der Waals surface area contributed by atoms with E-state index in [0.717, 1.165) is 12.2 Å². The van der Waals surface area contributed by atoms with Gasteiger partial charge in [-0.3, -0.25) is 10.2 Å². The van der Waals surface area contributed by atoms with Crippen LogP contribution in [0.3, 0.4) is 0 Å². The number of hydrazine groups is 1. The van der Waals surface area contributed by atoms with Crippen LogP contribution < -0.4 is 16.0 Å². The molecule has 4 nitrogen and oxygen atoms in total. The fraction of sp³-hybridized carbons (Fsp3) is 0.364. The topological polar surface area (TPSA) is 64.3 Å². The second kappa shape index (κ2) is 5.36. The molecular formula is C11H16N2O2. The maximum absolute atomic E-state index is 11.1. The molecule has 0 fully saturated rings. The van der Waals surface area contributed by atoms with Gasteiger partial charge in [0.1, 0.15) is 5.75 Å². The van der Waals surface area contributed by atoms with Crippen LogP contribution in [0.1, 0.15) is 30.6 Å². The molecule has 0 bridgehead atoms. The van der Waals surface area contributed by atoms with Gasteiger partial charge in [-0.05, 0) is 37.6 Å². The zero-order valence-electron chi connectivity index (χ0n) is 8.99. The average molecular weight is 208 g/mol. The molecule has 82 valence electrons. The fourth-order valence-corrected chi connectivity index (χ4v) is 1.08. The minimum atomic E-state index is -0.301. The predicted octanol–water partition coefficient (Wildman–Crippen LogP) is 1.47. The number of carbonyl (C=O) groups excluding carboxylic acids is 1. The third-order valence-electron chi connectivity index (χ3n) is 2.16. The summed E-state index contributed by atoms with van der Waals surface area (Å²) in [6.45, 7) is 4.06. The Morgan fingerprint density at radius 1 is 1.47 bits per heavy atom. The van der Waals surface area contributed by atoms with Crippen LogP contribution in [-0.2, 0) is 0 Å². The molecule has 0 aromatic heterocycles. The Morgan fingerprint density at radius 3 is 2.53 bits per heavy atom. The first-order valence-electron chi connectivity index (χ1n) is 4.95. The Balaban J connectivity index is 2.68. The number of hydrogen-bond acceptors (Lipinski definition) is 3. The Kier molecular flexibility index (Phi) is 4.12. The summed E-state index contributed by atoms with van der Waals surface area (Å²) < 4.78 is 5.57. The highest BCUT2D eigenvalue weighted by molar-refractivity contribution is 5.93. The van der Waals surface area contributed by atoms with Crippen molar-refractivity contribution in [1.29, 1.82) is 0 Å². The first-order valence-corrected chi connectivity index (χ1v) is 4.95. The largest absolute Gasteiger partial charge is 0.491 e. The molecule has 15 heavy (non-hydrogen) atoms. The molecular weight excluding hydrogens is 192 g/mol. The summed E-state index contributed by atoms with van der Waals surface area (Å²) in [7, 11) is 0. The van der Waals surface area contributed by atoms with Gasteiger partial charge in [0.15, 0.2) is 0 Å². The zero-order valence-corrected chi connectivity index (χ0v) is 8.99. The molecule has 1 atom stereocenters. The highest BCUT2D eigenvalue weighted by Crippen LogP contribution is 2.14. The number of benzene rings is 1. The number of ether oxygens (including phenoxy) is 1. The number of carbonyl (C=O) groups is 1. The van der Waals surface area contributed by atoms with E-state index in [4.69, 9.17) is 10.6 Å². The fourth-order valence-electron chi connectivity index (χ4n) is 1.08. The third-order valence-corrected chi connectivity index (χ3v) is 2.16. The molecule has 1 amide bonds. The van der Waals surface area contributed by atoms with Crippen LogP contribution in [-0.4, -0.2) is 12.0 Å². The normalized spacial score (nSPS) is 11.9. The standard InChI is InChI=1S/C11H16N2O2/c1-3-8(2)15-10-6-4-9(5-7-10)11(14)13-12/h4-8H,3,12H2,1-2H3,(H,13,14). The van der Waals surface area contributed by atoms with E-state index in [-0.39, 0.29) is 12.0 Å². The molecule has 0 heterocycles. The smallest absolute Gasteiger partial charge is 0.265 e. The van der Waals surface area contributed by atoms with Gasteiger partial charge in [-0.25, -0.2) is 5.84 Å². The van der Waals surface area contributed by atoms with Crippen LogP contribution in [0.15, 0.2) is 24.3 Å². The highest BCUT2D eigenvalue weighted by atomic mass is 16.5. The van der Waals surface area contributed by atoms with Crippen molar-refractivity contribution in [1.82, 2.24) is 5.43 Å². The maximum atomic E-state index is 11.1. The molecule has 0 aliphatic heterocycles. The van der Waals surface area contributed by atoms with Crippen molar-refractivity contribution in [3.8, 4) is 5.75 Å². The van der Waals surface area contributed by atoms with E-state index < -0.39 is 0 Å². The summed E-state index contributed by atoms with van der Waals surface area (Å²) in [5.41, 5.74) is 2.60. The molecule has 0 saturated carbocycles. The quantitative estimate of drug-likeness (QED) is 0.447. The zero-order chi connectivity index (χ0) is 11.3. The molecule has 0 aliphatic rings. The summed E-state index contributed by atoms with van der Waals surface area (Å²) >= 11 is 0. The lowest BCUT2D eigenvalue weighted by Gasteiger charge is -2.12. The van der Waals surface area contributed by atoms with Gasteiger partial charge in [-0.1, -0.05) is 6.92 Å². The van der Waals surface area contributed by atoms with Gasteiger partial charge < -0.3 is 4.74 Å². The number of rotatable bonds is 4. The van der Waals surface area contributed by atoms with Gasteiger partial charge in [0.25, 0.3) is 5.91 Å². The van der Waals surface area contributed by atoms with Gasteiger partial charge >= 0.3 is 0 Å². The summed E-state index contributed by atoms with van der Waals surface area (Å²) in [4.78, 5) is 11.1. The van der Waals surface area contributed by atoms with E-state index in [1.165, 1.54) is 0 Å². The minimum Gasteiger partial charge on any atom is -0.491 e. The second-order valence-electron chi connectivity index (χ2n) is 3.33. The summed E-state index contributed by atoms with van der Waals surface area (Å²) in [6.07, 6.45) is 1.13. The summed E-state index contributed by atoms with van der Waals surface area (Å²) in [5, 5.41) is 0. The molecule has 0 saturated heterocycles. The molecule has 1 aromatic rings. The number of nitrogen functional groups attached to an aromatic ring is 1. The Morgan fingerprint density at radius 2 is 2.07 bits per heavy atom. The van der Waals surface area contributed by atoms with E-state index in [2.05, 4.69) is 12.3 Å². The molecule has 0 aliphatic carbocycles. The van der Waals surface area contributed by atoms with Crippen LogP contribution in [0.25, 0.3) is 0 Å².